The minimum absolute atomic E-state index is 0.0319. The number of anilines is 1. The number of aromatic carboxylic acids is 1. The monoisotopic (exact) mass is 381 g/mol. The fourth-order valence-corrected chi connectivity index (χ4v) is 4.23. The number of aliphatic carboxylic acids is 1. The van der Waals surface area contributed by atoms with Crippen molar-refractivity contribution in [3.05, 3.63) is 22.8 Å². The summed E-state index contributed by atoms with van der Waals surface area (Å²) in [6.07, 6.45) is 3.18. The maximum atomic E-state index is 11.8. The first-order valence-electron chi connectivity index (χ1n) is 8.36. The van der Waals surface area contributed by atoms with E-state index < -0.39 is 18.0 Å². The van der Waals surface area contributed by atoms with Gasteiger partial charge in [0.2, 0.25) is 5.91 Å². The molecular formula is C17H20ClN3O5. The zero-order valence-electron chi connectivity index (χ0n) is 14.3. The molecule has 26 heavy (non-hydrogen) atoms. The minimum atomic E-state index is -1.08. The Labute approximate surface area is 155 Å². The summed E-state index contributed by atoms with van der Waals surface area (Å²) < 4.78 is 0. The van der Waals surface area contributed by atoms with Crippen molar-refractivity contribution in [3.8, 4) is 0 Å². The van der Waals surface area contributed by atoms with Gasteiger partial charge in [0.1, 0.15) is 11.9 Å². The van der Waals surface area contributed by atoms with Crippen LogP contribution in [0.2, 0.25) is 5.02 Å². The molecule has 1 aromatic heterocycles. The SMILES string of the molecule is CC(=O)N1CC2(CCN(c3ncc(C(=O)O)cc3Cl)CC2)C[C@H]1C(=O)O. The van der Waals surface area contributed by atoms with E-state index in [4.69, 9.17) is 16.7 Å². The first kappa shape index (κ1) is 18.4. The van der Waals surface area contributed by atoms with E-state index in [1.54, 1.807) is 0 Å². The number of carbonyl (C=O) groups is 3. The van der Waals surface area contributed by atoms with Gasteiger partial charge in [-0.05, 0) is 30.7 Å². The summed E-state index contributed by atoms with van der Waals surface area (Å²) in [5, 5.41) is 18.7. The number of halogens is 1. The smallest absolute Gasteiger partial charge is 0.337 e. The van der Waals surface area contributed by atoms with Crippen molar-refractivity contribution in [1.82, 2.24) is 9.88 Å². The maximum Gasteiger partial charge on any atom is 0.337 e. The van der Waals surface area contributed by atoms with Crippen LogP contribution < -0.4 is 4.90 Å². The van der Waals surface area contributed by atoms with E-state index in [0.717, 1.165) is 12.8 Å². The standard InChI is InChI=1S/C17H20ClN3O5/c1-10(22)21-9-17(7-13(21)16(25)26)2-4-20(5-3-17)14-12(18)6-11(8-19-14)15(23)24/h6,8,13H,2-5,7,9H2,1H3,(H,23,24)(H,25,26)/t13-/m0/s1. The largest absolute Gasteiger partial charge is 0.480 e. The normalized spacial score (nSPS) is 21.8. The average molecular weight is 382 g/mol. The number of pyridine rings is 1. The summed E-state index contributed by atoms with van der Waals surface area (Å²) in [5.74, 6) is -1.74. The lowest BCUT2D eigenvalue weighted by Gasteiger charge is -2.39. The van der Waals surface area contributed by atoms with Crippen molar-refractivity contribution < 1.29 is 24.6 Å². The Balaban J connectivity index is 1.72. The van der Waals surface area contributed by atoms with E-state index in [1.807, 2.05) is 4.90 Å². The van der Waals surface area contributed by atoms with Crippen molar-refractivity contribution >= 4 is 35.3 Å². The molecule has 1 aromatic rings. The molecule has 1 atom stereocenters. The third-order valence-electron chi connectivity index (χ3n) is 5.39. The molecule has 0 aromatic carbocycles. The summed E-state index contributed by atoms with van der Waals surface area (Å²) in [5.41, 5.74) is -0.178. The van der Waals surface area contributed by atoms with E-state index in [-0.39, 0.29) is 21.9 Å². The van der Waals surface area contributed by atoms with E-state index in [1.165, 1.54) is 24.1 Å². The van der Waals surface area contributed by atoms with Crippen LogP contribution in [0.4, 0.5) is 5.82 Å². The summed E-state index contributed by atoms with van der Waals surface area (Å²) in [6.45, 7) is 3.10. The van der Waals surface area contributed by atoms with Crippen molar-refractivity contribution in [2.75, 3.05) is 24.5 Å². The van der Waals surface area contributed by atoms with Crippen LogP contribution in [0.1, 0.15) is 36.5 Å². The third-order valence-corrected chi connectivity index (χ3v) is 5.67. The van der Waals surface area contributed by atoms with Gasteiger partial charge in [-0.1, -0.05) is 11.6 Å². The number of rotatable bonds is 3. The van der Waals surface area contributed by atoms with E-state index in [9.17, 15) is 19.5 Å². The number of carboxylic acids is 2. The zero-order valence-corrected chi connectivity index (χ0v) is 15.1. The number of aromatic nitrogens is 1. The van der Waals surface area contributed by atoms with E-state index >= 15 is 0 Å². The summed E-state index contributed by atoms with van der Waals surface area (Å²) in [6, 6.07) is 0.611. The van der Waals surface area contributed by atoms with Crippen LogP contribution in [0.3, 0.4) is 0 Å². The molecule has 2 saturated heterocycles. The minimum Gasteiger partial charge on any atom is -0.480 e. The Morgan fingerprint density at radius 2 is 1.92 bits per heavy atom. The predicted octanol–water partition coefficient (Wildman–Crippen LogP) is 1.73. The number of nitrogens with zero attached hydrogens (tertiary/aromatic N) is 3. The molecule has 0 aliphatic carbocycles. The van der Waals surface area contributed by atoms with Gasteiger partial charge in [0, 0.05) is 32.8 Å². The van der Waals surface area contributed by atoms with Crippen LogP contribution in [-0.4, -0.2) is 63.6 Å². The van der Waals surface area contributed by atoms with Gasteiger partial charge in [-0.25, -0.2) is 14.6 Å². The summed E-state index contributed by atoms with van der Waals surface area (Å²) in [7, 11) is 0. The molecule has 3 heterocycles. The van der Waals surface area contributed by atoms with Gasteiger partial charge >= 0.3 is 11.9 Å². The Kier molecular flexibility index (Phi) is 4.79. The van der Waals surface area contributed by atoms with Crippen LogP contribution in [0.5, 0.6) is 0 Å². The van der Waals surface area contributed by atoms with Crippen LogP contribution in [-0.2, 0) is 9.59 Å². The lowest BCUT2D eigenvalue weighted by Crippen LogP contribution is -2.42. The lowest BCUT2D eigenvalue weighted by atomic mass is 9.76. The van der Waals surface area contributed by atoms with Crippen molar-refractivity contribution in [3.63, 3.8) is 0 Å². The number of carbonyl (C=O) groups excluding carboxylic acids is 1. The molecule has 9 heteroatoms. The Morgan fingerprint density at radius 1 is 1.27 bits per heavy atom. The first-order valence-corrected chi connectivity index (χ1v) is 8.74. The number of amides is 1. The molecule has 0 bridgehead atoms. The number of piperidine rings is 1. The van der Waals surface area contributed by atoms with Crippen molar-refractivity contribution in [2.45, 2.75) is 32.2 Å². The Bertz CT molecular complexity index is 737. The topological polar surface area (TPSA) is 111 Å². The third kappa shape index (κ3) is 3.33. The number of hydrogen-bond acceptors (Lipinski definition) is 5. The molecule has 2 N–H and O–H groups in total. The fourth-order valence-electron chi connectivity index (χ4n) is 3.94. The molecule has 0 saturated carbocycles. The molecule has 2 aliphatic rings. The molecule has 1 spiro atoms. The Morgan fingerprint density at radius 3 is 2.38 bits per heavy atom. The second-order valence-electron chi connectivity index (χ2n) is 7.03. The van der Waals surface area contributed by atoms with Crippen molar-refractivity contribution in [2.24, 2.45) is 5.41 Å². The molecule has 8 nitrogen and oxygen atoms in total. The van der Waals surface area contributed by atoms with Gasteiger partial charge < -0.3 is 20.0 Å². The van der Waals surface area contributed by atoms with Gasteiger partial charge in [0.15, 0.2) is 0 Å². The number of hydrogen-bond donors (Lipinski definition) is 2. The molecule has 140 valence electrons. The highest BCUT2D eigenvalue weighted by molar-refractivity contribution is 6.33. The van der Waals surface area contributed by atoms with Crippen LogP contribution >= 0.6 is 11.6 Å². The van der Waals surface area contributed by atoms with Crippen LogP contribution in [0.25, 0.3) is 0 Å². The molecule has 0 radical (unpaired) electrons. The first-order chi connectivity index (χ1) is 12.2. The predicted molar refractivity (Wildman–Crippen MR) is 93.5 cm³/mol. The zero-order chi connectivity index (χ0) is 19.1. The van der Waals surface area contributed by atoms with E-state index in [0.29, 0.717) is 31.9 Å². The van der Waals surface area contributed by atoms with Gasteiger partial charge in [-0.15, -0.1) is 0 Å². The van der Waals surface area contributed by atoms with Crippen molar-refractivity contribution in [1.29, 1.82) is 0 Å². The maximum absolute atomic E-state index is 11.8. The summed E-state index contributed by atoms with van der Waals surface area (Å²) in [4.78, 5) is 41.9. The molecular weight excluding hydrogens is 362 g/mol. The highest BCUT2D eigenvalue weighted by Crippen LogP contribution is 2.44. The average Bonchev–Trinajstić information content (AvgIpc) is 2.96. The number of carboxylic acid groups (broad SMARTS) is 2. The van der Waals surface area contributed by atoms with Gasteiger partial charge in [0.25, 0.3) is 0 Å². The highest BCUT2D eigenvalue weighted by Gasteiger charge is 2.49. The quantitative estimate of drug-likeness (QED) is 0.819. The molecule has 3 rings (SSSR count). The van der Waals surface area contributed by atoms with Crippen LogP contribution in [0.15, 0.2) is 12.3 Å². The van der Waals surface area contributed by atoms with Crippen LogP contribution in [0, 0.1) is 5.41 Å². The second kappa shape index (κ2) is 6.75. The molecule has 0 unspecified atom stereocenters. The Hall–Kier alpha value is -2.35. The number of likely N-dealkylation sites (tertiary alicyclic amines) is 1. The summed E-state index contributed by atoms with van der Waals surface area (Å²) >= 11 is 6.19. The highest BCUT2D eigenvalue weighted by atomic mass is 35.5. The van der Waals surface area contributed by atoms with Gasteiger partial charge in [-0.2, -0.15) is 0 Å². The second-order valence-corrected chi connectivity index (χ2v) is 7.43. The van der Waals surface area contributed by atoms with Gasteiger partial charge in [-0.3, -0.25) is 4.79 Å². The molecule has 2 aliphatic heterocycles. The van der Waals surface area contributed by atoms with E-state index in [2.05, 4.69) is 4.98 Å². The molecule has 1 amide bonds. The lowest BCUT2D eigenvalue weighted by molar-refractivity contribution is -0.147. The molecule has 2 fully saturated rings. The fraction of sp³-hybridized carbons (Fsp3) is 0.529. The van der Waals surface area contributed by atoms with Gasteiger partial charge in [0.05, 0.1) is 10.6 Å².